The molecule has 0 aliphatic carbocycles. The van der Waals surface area contributed by atoms with Crippen molar-refractivity contribution in [3.05, 3.63) is 64.0 Å². The summed E-state index contributed by atoms with van der Waals surface area (Å²) in [5, 5.41) is 0.417. The number of carbonyl (C=O) groups is 1. The minimum atomic E-state index is -4.69. The Labute approximate surface area is 187 Å². The van der Waals surface area contributed by atoms with Crippen LogP contribution in [0.3, 0.4) is 0 Å². The molecule has 0 radical (unpaired) electrons. The molecular formula is C20H23ClF4N6O. The number of carbonyl (C=O) groups excluding carboxylic acids is 1. The highest BCUT2D eigenvalue weighted by Gasteiger charge is 2.37. The van der Waals surface area contributed by atoms with E-state index < -0.39 is 34.5 Å². The molecule has 1 atom stereocenters. The van der Waals surface area contributed by atoms with Crippen LogP contribution < -0.4 is 16.6 Å². The average Bonchev–Trinajstić information content (AvgIpc) is 2.75. The molecule has 0 fully saturated rings. The molecule has 0 bridgehead atoms. The number of hydrazine groups is 1. The molecule has 7 nitrogen and oxygen atoms in total. The first-order chi connectivity index (χ1) is 15.0. The first kappa shape index (κ1) is 25.3. The third kappa shape index (κ3) is 5.28. The predicted molar refractivity (Wildman–Crippen MR) is 113 cm³/mol. The summed E-state index contributed by atoms with van der Waals surface area (Å²) in [6.45, 7) is 5.59. The van der Waals surface area contributed by atoms with Crippen molar-refractivity contribution in [2.45, 2.75) is 39.4 Å². The van der Waals surface area contributed by atoms with Crippen LogP contribution in [0.1, 0.15) is 43.1 Å². The number of alkyl halides is 3. The van der Waals surface area contributed by atoms with Gasteiger partial charge < -0.3 is 10.6 Å². The van der Waals surface area contributed by atoms with Crippen molar-refractivity contribution in [2.75, 3.05) is 11.6 Å². The van der Waals surface area contributed by atoms with Gasteiger partial charge in [-0.1, -0.05) is 31.5 Å². The molecule has 1 aromatic carbocycles. The molecule has 3 rings (SSSR count). The van der Waals surface area contributed by atoms with Crippen LogP contribution in [0, 0.1) is 5.82 Å². The molecule has 0 saturated heterocycles. The summed E-state index contributed by atoms with van der Waals surface area (Å²) in [6.07, 6.45) is -2.64. The van der Waals surface area contributed by atoms with Gasteiger partial charge in [0.05, 0.1) is 40.8 Å². The van der Waals surface area contributed by atoms with Gasteiger partial charge in [-0.2, -0.15) is 13.2 Å². The summed E-state index contributed by atoms with van der Waals surface area (Å²) >= 11 is 5.88. The molecule has 32 heavy (non-hydrogen) atoms. The number of hydrogen-bond acceptors (Lipinski definition) is 6. The van der Waals surface area contributed by atoms with Crippen LogP contribution in [0.5, 0.6) is 0 Å². The quantitative estimate of drug-likeness (QED) is 0.394. The maximum Gasteiger partial charge on any atom is 0.417 e. The van der Waals surface area contributed by atoms with Crippen molar-refractivity contribution in [3.8, 4) is 0 Å². The molecule has 2 aromatic rings. The monoisotopic (exact) mass is 474 g/mol. The van der Waals surface area contributed by atoms with Crippen LogP contribution in [-0.4, -0.2) is 33.4 Å². The Hall–Kier alpha value is -2.92. The van der Waals surface area contributed by atoms with Gasteiger partial charge in [0.15, 0.2) is 5.82 Å². The Balaban J connectivity index is 0.00000176. The second-order valence-electron chi connectivity index (χ2n) is 6.69. The molecule has 1 aromatic heterocycles. The van der Waals surface area contributed by atoms with Crippen LogP contribution in [-0.2, 0) is 6.18 Å². The molecule has 2 heterocycles. The smallest absolute Gasteiger partial charge is 0.399 e. The van der Waals surface area contributed by atoms with E-state index in [0.717, 1.165) is 29.5 Å². The maximum atomic E-state index is 13.1. The molecule has 1 amide bonds. The van der Waals surface area contributed by atoms with Gasteiger partial charge in [-0.15, -0.1) is 0 Å². The lowest BCUT2D eigenvalue weighted by Gasteiger charge is -2.37. The fourth-order valence-corrected chi connectivity index (χ4v) is 3.41. The maximum absolute atomic E-state index is 13.1. The molecule has 0 spiro atoms. The topological polar surface area (TPSA) is 101 Å². The van der Waals surface area contributed by atoms with Crippen LogP contribution in [0.25, 0.3) is 0 Å². The van der Waals surface area contributed by atoms with Crippen molar-refractivity contribution in [1.29, 1.82) is 0 Å². The third-order valence-corrected chi connectivity index (χ3v) is 5.05. The van der Waals surface area contributed by atoms with Crippen molar-refractivity contribution in [2.24, 2.45) is 11.6 Å². The highest BCUT2D eigenvalue weighted by atomic mass is 35.5. The van der Waals surface area contributed by atoms with Gasteiger partial charge in [0.25, 0.3) is 5.91 Å². The minimum absolute atomic E-state index is 0.00208. The van der Waals surface area contributed by atoms with Crippen molar-refractivity contribution in [3.63, 3.8) is 0 Å². The number of nitrogens with zero attached hydrogens (tertiary/aromatic N) is 4. The van der Waals surface area contributed by atoms with E-state index in [-0.39, 0.29) is 30.2 Å². The number of halogens is 5. The standard InChI is InChI=1S/C18H17ClF4N6O.C2H6/c1-9-5-14(29(25)17-26-6-10(20)7-27-17)13(24)8-28(9)16(30)11-3-2-4-12(15(11)19)18(21,22)23;1-2/h2-4,6-7,9H,5,8,24-25H2,1H3;1-2H3. The van der Waals surface area contributed by atoms with E-state index in [0.29, 0.717) is 5.70 Å². The Kier molecular flexibility index (Phi) is 8.02. The predicted octanol–water partition coefficient (Wildman–Crippen LogP) is 4.10. The molecule has 0 saturated carbocycles. The fraction of sp³-hybridized carbons (Fsp3) is 0.350. The second-order valence-corrected chi connectivity index (χ2v) is 7.07. The van der Waals surface area contributed by atoms with Gasteiger partial charge in [-0.25, -0.2) is 25.2 Å². The minimum Gasteiger partial charge on any atom is -0.399 e. The summed E-state index contributed by atoms with van der Waals surface area (Å²) in [4.78, 5) is 21.8. The van der Waals surface area contributed by atoms with Crippen molar-refractivity contribution in [1.82, 2.24) is 14.9 Å². The number of rotatable bonds is 3. The van der Waals surface area contributed by atoms with Gasteiger partial charge in [-0.3, -0.25) is 4.79 Å². The van der Waals surface area contributed by atoms with Gasteiger partial charge in [0.1, 0.15) is 0 Å². The Morgan fingerprint density at radius 3 is 2.41 bits per heavy atom. The van der Waals surface area contributed by atoms with Gasteiger partial charge in [-0.05, 0) is 19.1 Å². The lowest BCUT2D eigenvalue weighted by atomic mass is 10.0. The summed E-state index contributed by atoms with van der Waals surface area (Å²) in [7, 11) is 0. The van der Waals surface area contributed by atoms with E-state index in [9.17, 15) is 22.4 Å². The number of nitrogens with two attached hydrogens (primary N) is 2. The van der Waals surface area contributed by atoms with Gasteiger partial charge in [0.2, 0.25) is 5.95 Å². The number of amides is 1. The van der Waals surface area contributed by atoms with E-state index >= 15 is 0 Å². The van der Waals surface area contributed by atoms with Crippen LogP contribution in [0.2, 0.25) is 5.02 Å². The summed E-state index contributed by atoms with van der Waals surface area (Å²) in [5.74, 6) is 4.67. The van der Waals surface area contributed by atoms with Crippen LogP contribution in [0.15, 0.2) is 42.0 Å². The Bertz CT molecular complexity index is 997. The van der Waals surface area contributed by atoms with Crippen LogP contribution >= 0.6 is 11.6 Å². The van der Waals surface area contributed by atoms with Crippen molar-refractivity contribution >= 4 is 23.5 Å². The highest BCUT2D eigenvalue weighted by molar-refractivity contribution is 6.34. The van der Waals surface area contributed by atoms with E-state index in [1.165, 1.54) is 11.0 Å². The van der Waals surface area contributed by atoms with Gasteiger partial charge >= 0.3 is 6.18 Å². The molecule has 1 unspecified atom stereocenters. The van der Waals surface area contributed by atoms with Crippen LogP contribution in [0.4, 0.5) is 23.5 Å². The second kappa shape index (κ2) is 10.1. The molecule has 1 aliphatic heterocycles. The zero-order chi connectivity index (χ0) is 24.2. The Morgan fingerprint density at radius 2 is 1.84 bits per heavy atom. The van der Waals surface area contributed by atoms with E-state index in [2.05, 4.69) is 9.97 Å². The molecule has 4 N–H and O–H groups in total. The fourth-order valence-electron chi connectivity index (χ4n) is 3.10. The van der Waals surface area contributed by atoms with E-state index in [1.54, 1.807) is 6.92 Å². The zero-order valence-electron chi connectivity index (χ0n) is 17.6. The van der Waals surface area contributed by atoms with E-state index in [1.807, 2.05) is 13.8 Å². The molecule has 174 valence electrons. The number of benzene rings is 1. The number of hydrogen-bond donors (Lipinski definition) is 2. The normalized spacial score (nSPS) is 16.4. The lowest BCUT2D eigenvalue weighted by Crippen LogP contribution is -2.48. The highest BCUT2D eigenvalue weighted by Crippen LogP contribution is 2.37. The first-order valence-electron chi connectivity index (χ1n) is 9.67. The SMILES string of the molecule is CC.CC1CC(N(N)c2ncc(F)cn2)=C(N)CN1C(=O)c1cccc(C(F)(F)F)c1Cl. The average molecular weight is 475 g/mol. The lowest BCUT2D eigenvalue weighted by molar-refractivity contribution is -0.137. The van der Waals surface area contributed by atoms with Gasteiger partial charge in [0, 0.05) is 18.2 Å². The summed E-state index contributed by atoms with van der Waals surface area (Å²) in [5.41, 5.74) is 5.31. The Morgan fingerprint density at radius 1 is 1.25 bits per heavy atom. The zero-order valence-corrected chi connectivity index (χ0v) is 18.4. The summed E-state index contributed by atoms with van der Waals surface area (Å²) < 4.78 is 52.3. The molecule has 12 heteroatoms. The largest absolute Gasteiger partial charge is 0.417 e. The molecular weight excluding hydrogens is 452 g/mol. The molecule has 1 aliphatic rings. The number of anilines is 1. The first-order valence-corrected chi connectivity index (χ1v) is 10.0. The van der Waals surface area contributed by atoms with E-state index in [4.69, 9.17) is 23.2 Å². The van der Waals surface area contributed by atoms with Crippen molar-refractivity contribution < 1.29 is 22.4 Å². The summed E-state index contributed by atoms with van der Waals surface area (Å²) in [6, 6.07) is 2.68. The number of aromatic nitrogens is 2. The third-order valence-electron chi connectivity index (χ3n) is 4.64.